The van der Waals surface area contributed by atoms with Crippen LogP contribution in [0.25, 0.3) is 44.2 Å². The number of aromatic nitrogens is 4. The second kappa shape index (κ2) is 12.3. The number of methoxy groups -OCH3 is 2. The number of amides is 2. The highest BCUT2D eigenvalue weighted by atomic mass is 16.5. The molecule has 2 saturated heterocycles. The number of carbonyl (C=O) groups excluding carboxylic acids is 2. The van der Waals surface area contributed by atoms with Crippen molar-refractivity contribution in [3.05, 3.63) is 72.4 Å². The molecule has 45 heavy (non-hydrogen) atoms. The average molecular weight is 608 g/mol. The minimum atomic E-state index is -0.837. The molecule has 2 amide bonds. The molecule has 2 aromatic heterocycles. The minimum absolute atomic E-state index is 0.0518. The number of H-pyrrole nitrogens is 2. The summed E-state index contributed by atoms with van der Waals surface area (Å²) in [5.41, 5.74) is 6.24. The normalized spacial score (nSPS) is 18.9. The quantitative estimate of drug-likeness (QED) is 0.190. The van der Waals surface area contributed by atoms with Gasteiger partial charge in [0.2, 0.25) is 5.91 Å². The number of likely N-dealkylation sites (tertiary alicyclic amines) is 1. The average Bonchev–Trinajstić information content (AvgIpc) is 3.89. The molecule has 0 saturated carbocycles. The largest absolute Gasteiger partial charge is 0.453 e. The summed E-state index contributed by atoms with van der Waals surface area (Å²) in [6.07, 6.45) is 5.06. The second-order valence-electron chi connectivity index (χ2n) is 11.8. The fraction of sp³-hybridized carbons (Fsp3) is 0.353. The molecule has 2 aliphatic rings. The lowest BCUT2D eigenvalue weighted by Gasteiger charge is -2.27. The Morgan fingerprint density at radius 3 is 2.51 bits per heavy atom. The molecule has 0 radical (unpaired) electrons. The highest BCUT2D eigenvalue weighted by Gasteiger charge is 2.36. The van der Waals surface area contributed by atoms with Crippen LogP contribution in [0.5, 0.6) is 0 Å². The number of alkyl carbamates (subject to hydrolysis) is 1. The van der Waals surface area contributed by atoms with Crippen LogP contribution in [0.1, 0.15) is 49.4 Å². The first-order valence-corrected chi connectivity index (χ1v) is 15.5. The van der Waals surface area contributed by atoms with E-state index in [1.165, 1.54) is 20.6 Å². The van der Waals surface area contributed by atoms with Crippen LogP contribution in [-0.4, -0.2) is 76.8 Å². The lowest BCUT2D eigenvalue weighted by atomic mass is 9.99. The molecule has 11 nitrogen and oxygen atoms in total. The van der Waals surface area contributed by atoms with Crippen molar-refractivity contribution in [1.29, 1.82) is 0 Å². The maximum atomic E-state index is 13.4. The Bertz CT molecular complexity index is 1860. The van der Waals surface area contributed by atoms with Crippen LogP contribution in [0.2, 0.25) is 0 Å². The molecule has 0 aliphatic carbocycles. The van der Waals surface area contributed by atoms with Gasteiger partial charge < -0.3 is 35.0 Å². The van der Waals surface area contributed by atoms with E-state index in [0.29, 0.717) is 12.6 Å². The Hall–Kier alpha value is -4.74. The third-order valence-electron chi connectivity index (χ3n) is 8.93. The fourth-order valence-corrected chi connectivity index (χ4v) is 6.59. The van der Waals surface area contributed by atoms with Crippen molar-refractivity contribution in [2.75, 3.05) is 33.9 Å². The van der Waals surface area contributed by atoms with Gasteiger partial charge in [0.25, 0.3) is 0 Å². The number of rotatable bonds is 8. The molecule has 0 spiro atoms. The minimum Gasteiger partial charge on any atom is -0.453 e. The van der Waals surface area contributed by atoms with Crippen LogP contribution >= 0.6 is 0 Å². The van der Waals surface area contributed by atoms with Gasteiger partial charge in [0.1, 0.15) is 17.7 Å². The summed E-state index contributed by atoms with van der Waals surface area (Å²) in [6, 6.07) is 18.6. The van der Waals surface area contributed by atoms with Crippen LogP contribution in [0.15, 0.2) is 60.8 Å². The van der Waals surface area contributed by atoms with Crippen molar-refractivity contribution in [3.8, 4) is 22.4 Å². The first-order valence-electron chi connectivity index (χ1n) is 15.5. The van der Waals surface area contributed by atoms with E-state index in [9.17, 15) is 9.59 Å². The summed E-state index contributed by atoms with van der Waals surface area (Å²) < 4.78 is 9.88. The third kappa shape index (κ3) is 5.76. The Kier molecular flexibility index (Phi) is 7.95. The predicted molar refractivity (Wildman–Crippen MR) is 171 cm³/mol. The van der Waals surface area contributed by atoms with E-state index in [1.54, 1.807) is 4.90 Å². The number of hydrogen-bond acceptors (Lipinski definition) is 7. The SMILES string of the molecule is COC[C@H](NC(=O)OC)C(=O)N1CCCC1c1ncc(-c2ccc3cc(-c4ccc5nc([C@@H]6CCCN6)[nH]c5c4)ccc3c2)[nH]1. The first kappa shape index (κ1) is 29.0. The molecule has 0 bridgehead atoms. The molecule has 2 aliphatic heterocycles. The molecule has 7 rings (SSSR count). The molecule has 3 atom stereocenters. The van der Waals surface area contributed by atoms with Gasteiger partial charge >= 0.3 is 6.09 Å². The Balaban J connectivity index is 1.09. The van der Waals surface area contributed by atoms with E-state index in [1.807, 2.05) is 6.20 Å². The van der Waals surface area contributed by atoms with Crippen LogP contribution < -0.4 is 10.6 Å². The number of aromatic amines is 2. The van der Waals surface area contributed by atoms with E-state index in [4.69, 9.17) is 14.5 Å². The van der Waals surface area contributed by atoms with Crippen LogP contribution in [0, 0.1) is 0 Å². The second-order valence-corrected chi connectivity index (χ2v) is 11.8. The lowest BCUT2D eigenvalue weighted by Crippen LogP contribution is -2.50. The maximum Gasteiger partial charge on any atom is 0.407 e. The molecule has 4 N–H and O–H groups in total. The smallest absolute Gasteiger partial charge is 0.407 e. The topological polar surface area (TPSA) is 137 Å². The van der Waals surface area contributed by atoms with E-state index in [-0.39, 0.29) is 18.6 Å². The van der Waals surface area contributed by atoms with Gasteiger partial charge in [-0.1, -0.05) is 30.3 Å². The molecule has 232 valence electrons. The summed E-state index contributed by atoms with van der Waals surface area (Å²) in [7, 11) is 2.76. The van der Waals surface area contributed by atoms with Gasteiger partial charge in [-0.15, -0.1) is 0 Å². The molecule has 2 fully saturated rings. The molecule has 3 aromatic carbocycles. The van der Waals surface area contributed by atoms with Crippen molar-refractivity contribution >= 4 is 33.8 Å². The Morgan fingerprint density at radius 1 is 0.956 bits per heavy atom. The number of nitrogens with one attached hydrogen (secondary N) is 4. The van der Waals surface area contributed by atoms with Crippen molar-refractivity contribution in [3.63, 3.8) is 0 Å². The van der Waals surface area contributed by atoms with Crippen molar-refractivity contribution < 1.29 is 19.1 Å². The molecule has 11 heteroatoms. The van der Waals surface area contributed by atoms with E-state index in [2.05, 4.69) is 80.2 Å². The number of benzene rings is 3. The number of nitrogens with zero attached hydrogens (tertiary/aromatic N) is 3. The maximum absolute atomic E-state index is 13.4. The monoisotopic (exact) mass is 607 g/mol. The third-order valence-corrected chi connectivity index (χ3v) is 8.93. The summed E-state index contributed by atoms with van der Waals surface area (Å²) in [5, 5.41) is 8.37. The molecule has 4 heterocycles. The molecule has 5 aromatic rings. The standard InChI is InChI=1S/C34H37N7O4/c1-44-19-29(40-34(43)45-2)33(42)41-14-4-6-30(41)32-36-18-28(39-32)24-10-9-20-15-21(7-8-22(20)16-24)23-11-12-25-27(17-23)38-31(37-25)26-5-3-13-35-26/h7-12,15-18,26,29-30,35H,3-6,13-14,19H2,1-2H3,(H,36,39)(H,37,38)(H,40,43)/t26-,29-,30?/m0/s1. The summed E-state index contributed by atoms with van der Waals surface area (Å²) in [6.45, 7) is 1.67. The molecular weight excluding hydrogens is 570 g/mol. The predicted octanol–water partition coefficient (Wildman–Crippen LogP) is 5.23. The molecule has 1 unspecified atom stereocenters. The van der Waals surface area contributed by atoms with E-state index < -0.39 is 12.1 Å². The number of hydrogen-bond donors (Lipinski definition) is 4. The zero-order chi connectivity index (χ0) is 30.9. The van der Waals surface area contributed by atoms with Crippen molar-refractivity contribution in [1.82, 2.24) is 35.5 Å². The fourth-order valence-electron chi connectivity index (χ4n) is 6.59. The Morgan fingerprint density at radius 2 is 1.73 bits per heavy atom. The molecular formula is C34H37N7O4. The van der Waals surface area contributed by atoms with Crippen molar-refractivity contribution in [2.45, 2.75) is 43.8 Å². The Labute approximate surface area is 260 Å². The summed E-state index contributed by atoms with van der Waals surface area (Å²) >= 11 is 0. The van der Waals surface area contributed by atoms with Gasteiger partial charge in [-0.2, -0.15) is 0 Å². The van der Waals surface area contributed by atoms with E-state index >= 15 is 0 Å². The zero-order valence-corrected chi connectivity index (χ0v) is 25.4. The van der Waals surface area contributed by atoms with Gasteiger partial charge in [0.05, 0.1) is 48.7 Å². The zero-order valence-electron chi connectivity index (χ0n) is 25.4. The number of carbonyl (C=O) groups is 2. The van der Waals surface area contributed by atoms with Gasteiger partial charge in [0, 0.05) is 19.2 Å². The van der Waals surface area contributed by atoms with E-state index in [0.717, 1.165) is 81.6 Å². The van der Waals surface area contributed by atoms with Crippen LogP contribution in [0.3, 0.4) is 0 Å². The van der Waals surface area contributed by atoms with Crippen molar-refractivity contribution in [2.24, 2.45) is 0 Å². The highest BCUT2D eigenvalue weighted by Crippen LogP contribution is 2.34. The number of imidazole rings is 2. The van der Waals surface area contributed by atoms with Gasteiger partial charge in [-0.25, -0.2) is 14.8 Å². The first-order chi connectivity index (χ1) is 22.0. The lowest BCUT2D eigenvalue weighted by molar-refractivity contribution is -0.135. The van der Waals surface area contributed by atoms with Crippen LogP contribution in [0.4, 0.5) is 4.79 Å². The van der Waals surface area contributed by atoms with Gasteiger partial charge in [-0.05, 0) is 78.4 Å². The summed E-state index contributed by atoms with van der Waals surface area (Å²) in [4.78, 5) is 43.4. The number of ether oxygens (including phenoxy) is 2. The van der Waals surface area contributed by atoms with Gasteiger partial charge in [-0.3, -0.25) is 4.79 Å². The highest BCUT2D eigenvalue weighted by molar-refractivity contribution is 5.92. The van der Waals surface area contributed by atoms with Crippen LogP contribution in [-0.2, 0) is 14.3 Å². The van der Waals surface area contributed by atoms with Gasteiger partial charge in [0.15, 0.2) is 0 Å². The number of fused-ring (bicyclic) bond motifs is 2. The summed E-state index contributed by atoms with van der Waals surface area (Å²) in [5.74, 6) is 1.52.